The predicted molar refractivity (Wildman–Crippen MR) is 82.4 cm³/mol. The first-order valence-corrected chi connectivity index (χ1v) is 8.75. The van der Waals surface area contributed by atoms with Gasteiger partial charge in [-0.2, -0.15) is 0 Å². The molecule has 7 heteroatoms. The first-order valence-electron chi connectivity index (χ1n) is 6.52. The van der Waals surface area contributed by atoms with Gasteiger partial charge in [-0.05, 0) is 47.0 Å². The van der Waals surface area contributed by atoms with Crippen LogP contribution in [0, 0.1) is 0 Å². The van der Waals surface area contributed by atoms with E-state index in [4.69, 9.17) is 0 Å². The lowest BCUT2D eigenvalue weighted by molar-refractivity contribution is 0.191. The molecule has 1 heterocycles. The Morgan fingerprint density at radius 2 is 2.15 bits per heavy atom. The highest BCUT2D eigenvalue weighted by Crippen LogP contribution is 2.36. The maximum atomic E-state index is 12.5. The molecule has 2 rings (SSSR count). The summed E-state index contributed by atoms with van der Waals surface area (Å²) in [5.41, 5.74) is 1.85. The molecule has 0 saturated carbocycles. The third-order valence-electron chi connectivity index (χ3n) is 3.65. The summed E-state index contributed by atoms with van der Waals surface area (Å²) in [7, 11) is -1.96. The number of rotatable bonds is 4. The molecule has 1 atom stereocenters. The van der Waals surface area contributed by atoms with Crippen molar-refractivity contribution in [2.45, 2.75) is 31.4 Å². The van der Waals surface area contributed by atoms with Gasteiger partial charge in [-0.1, -0.05) is 6.92 Å². The second kappa shape index (κ2) is 5.63. The van der Waals surface area contributed by atoms with Gasteiger partial charge in [0, 0.05) is 30.3 Å². The van der Waals surface area contributed by atoms with E-state index in [1.54, 1.807) is 27.0 Å². The van der Waals surface area contributed by atoms with Crippen molar-refractivity contribution < 1.29 is 13.5 Å². The van der Waals surface area contributed by atoms with Gasteiger partial charge in [0.2, 0.25) is 10.0 Å². The molecule has 0 bridgehead atoms. The molecule has 0 aliphatic carbocycles. The minimum atomic E-state index is -3.51. The van der Waals surface area contributed by atoms with Crippen molar-refractivity contribution in [3.63, 3.8) is 0 Å². The lowest BCUT2D eigenvalue weighted by atomic mass is 10.2. The fraction of sp³-hybridized carbons (Fsp3) is 0.538. The zero-order chi connectivity index (χ0) is 15.1. The largest absolute Gasteiger partial charge is 0.374 e. The SMILES string of the molecule is CCN(C)S(=O)(=O)c1cc2c(cc1Br)CCN2C(C)O. The van der Waals surface area contributed by atoms with Crippen molar-refractivity contribution in [2.24, 2.45) is 0 Å². The minimum absolute atomic E-state index is 0.244. The van der Waals surface area contributed by atoms with Crippen LogP contribution in [-0.2, 0) is 16.4 Å². The molecule has 1 unspecified atom stereocenters. The molecule has 1 aromatic rings. The third-order valence-corrected chi connectivity index (χ3v) is 6.54. The Morgan fingerprint density at radius 3 is 2.70 bits per heavy atom. The monoisotopic (exact) mass is 362 g/mol. The average Bonchev–Trinajstić information content (AvgIpc) is 2.79. The molecule has 0 spiro atoms. The summed E-state index contributed by atoms with van der Waals surface area (Å²) in [5, 5.41) is 9.77. The lowest BCUT2D eigenvalue weighted by Gasteiger charge is -2.24. The molecule has 5 nitrogen and oxygen atoms in total. The summed E-state index contributed by atoms with van der Waals surface area (Å²) in [6, 6.07) is 3.49. The van der Waals surface area contributed by atoms with Gasteiger partial charge >= 0.3 is 0 Å². The Hall–Kier alpha value is -0.630. The Kier molecular flexibility index (Phi) is 4.44. The van der Waals surface area contributed by atoms with E-state index in [2.05, 4.69) is 15.9 Å². The summed E-state index contributed by atoms with van der Waals surface area (Å²) in [6.45, 7) is 4.59. The lowest BCUT2D eigenvalue weighted by Crippen LogP contribution is -2.31. The Balaban J connectivity index is 2.55. The van der Waals surface area contributed by atoms with Crippen LogP contribution in [0.2, 0.25) is 0 Å². The van der Waals surface area contributed by atoms with E-state index in [9.17, 15) is 13.5 Å². The summed E-state index contributed by atoms with van der Waals surface area (Å²) in [5.74, 6) is 0. The van der Waals surface area contributed by atoms with Gasteiger partial charge in [-0.15, -0.1) is 0 Å². The molecule has 1 N–H and O–H groups in total. The first-order chi connectivity index (χ1) is 9.28. The molecule has 1 aromatic carbocycles. The molecule has 0 radical (unpaired) electrons. The quantitative estimate of drug-likeness (QED) is 0.886. The predicted octanol–water partition coefficient (Wildman–Crippen LogP) is 1.79. The second-order valence-electron chi connectivity index (χ2n) is 4.91. The van der Waals surface area contributed by atoms with Gasteiger partial charge < -0.3 is 10.0 Å². The van der Waals surface area contributed by atoms with Crippen molar-refractivity contribution >= 4 is 31.6 Å². The summed E-state index contributed by atoms with van der Waals surface area (Å²) < 4.78 is 26.8. The third kappa shape index (κ3) is 2.59. The van der Waals surface area contributed by atoms with E-state index >= 15 is 0 Å². The van der Waals surface area contributed by atoms with Crippen LogP contribution in [0.3, 0.4) is 0 Å². The highest BCUT2D eigenvalue weighted by atomic mass is 79.9. The summed E-state index contributed by atoms with van der Waals surface area (Å²) in [6.07, 6.45) is 0.180. The number of anilines is 1. The Bertz CT molecular complexity index is 616. The van der Waals surface area contributed by atoms with E-state index in [0.29, 0.717) is 17.6 Å². The van der Waals surface area contributed by atoms with Gasteiger partial charge in [0.05, 0.1) is 4.90 Å². The van der Waals surface area contributed by atoms with Gasteiger partial charge in [0.25, 0.3) is 0 Å². The van der Waals surface area contributed by atoms with E-state index in [0.717, 1.165) is 17.7 Å². The van der Waals surface area contributed by atoms with Crippen molar-refractivity contribution in [3.8, 4) is 0 Å². The number of aliphatic hydroxyl groups is 1. The number of aliphatic hydroxyl groups excluding tert-OH is 1. The molecular formula is C13H19BrN2O3S. The smallest absolute Gasteiger partial charge is 0.244 e. The molecule has 0 aromatic heterocycles. The van der Waals surface area contributed by atoms with Gasteiger partial charge in [-0.3, -0.25) is 0 Å². The standard InChI is InChI=1S/C13H19BrN2O3S/c1-4-15(3)20(18,19)13-8-12-10(7-11(13)14)5-6-16(12)9(2)17/h7-9,17H,4-6H2,1-3H3. The summed E-state index contributed by atoms with van der Waals surface area (Å²) in [4.78, 5) is 2.06. The first kappa shape index (κ1) is 15.8. The van der Waals surface area contributed by atoms with E-state index in [1.165, 1.54) is 4.31 Å². The normalized spacial score (nSPS) is 16.6. The van der Waals surface area contributed by atoms with Crippen LogP contribution in [0.5, 0.6) is 0 Å². The van der Waals surface area contributed by atoms with Crippen LogP contribution >= 0.6 is 15.9 Å². The average molecular weight is 363 g/mol. The zero-order valence-corrected chi connectivity index (χ0v) is 14.2. The molecular weight excluding hydrogens is 344 g/mol. The number of sulfonamides is 1. The highest BCUT2D eigenvalue weighted by Gasteiger charge is 2.28. The van der Waals surface area contributed by atoms with Gasteiger partial charge in [0.1, 0.15) is 6.23 Å². The summed E-state index contributed by atoms with van der Waals surface area (Å²) >= 11 is 3.35. The van der Waals surface area contributed by atoms with Crippen molar-refractivity contribution in [2.75, 3.05) is 25.0 Å². The minimum Gasteiger partial charge on any atom is -0.374 e. The fourth-order valence-corrected chi connectivity index (χ4v) is 4.58. The molecule has 1 aliphatic rings. The molecule has 0 fully saturated rings. The zero-order valence-electron chi connectivity index (χ0n) is 11.8. The highest BCUT2D eigenvalue weighted by molar-refractivity contribution is 9.10. The molecule has 112 valence electrons. The van der Waals surface area contributed by atoms with Crippen molar-refractivity contribution in [1.82, 2.24) is 4.31 Å². The van der Waals surface area contributed by atoms with Crippen LogP contribution < -0.4 is 4.90 Å². The maximum absolute atomic E-state index is 12.5. The number of fused-ring (bicyclic) bond motifs is 1. The van der Waals surface area contributed by atoms with Crippen molar-refractivity contribution in [3.05, 3.63) is 22.2 Å². The van der Waals surface area contributed by atoms with Gasteiger partial charge in [-0.25, -0.2) is 12.7 Å². The van der Waals surface area contributed by atoms with Crippen LogP contribution in [0.15, 0.2) is 21.5 Å². The van der Waals surface area contributed by atoms with E-state index < -0.39 is 16.3 Å². The van der Waals surface area contributed by atoms with Crippen LogP contribution in [0.1, 0.15) is 19.4 Å². The topological polar surface area (TPSA) is 60.9 Å². The fourth-order valence-electron chi connectivity index (χ4n) is 2.34. The Morgan fingerprint density at radius 1 is 1.50 bits per heavy atom. The molecule has 0 saturated heterocycles. The molecule has 20 heavy (non-hydrogen) atoms. The Labute approximate surface area is 128 Å². The van der Waals surface area contributed by atoms with Gasteiger partial charge in [0.15, 0.2) is 0 Å². The molecule has 1 aliphatic heterocycles. The van der Waals surface area contributed by atoms with Crippen LogP contribution in [0.25, 0.3) is 0 Å². The second-order valence-corrected chi connectivity index (χ2v) is 7.77. The number of nitrogens with zero attached hydrogens (tertiary/aromatic N) is 2. The van der Waals surface area contributed by atoms with Crippen molar-refractivity contribution in [1.29, 1.82) is 0 Å². The number of benzene rings is 1. The maximum Gasteiger partial charge on any atom is 0.244 e. The van der Waals surface area contributed by atoms with Crippen LogP contribution in [0.4, 0.5) is 5.69 Å². The number of halogens is 1. The number of hydrogen-bond acceptors (Lipinski definition) is 4. The van der Waals surface area contributed by atoms with E-state index in [1.807, 2.05) is 11.0 Å². The van der Waals surface area contributed by atoms with E-state index in [-0.39, 0.29) is 4.90 Å². The number of hydrogen-bond donors (Lipinski definition) is 1. The van der Waals surface area contributed by atoms with Crippen LogP contribution in [-0.4, -0.2) is 44.2 Å². The molecule has 0 amide bonds.